The number of pyridine rings is 1. The highest BCUT2D eigenvalue weighted by Gasteiger charge is 2.09. The standard InChI is InChI=1S/C14H11N3OS2/c18-13(8-10-4-3-7-19-10)17-14-16-12(9-20-14)11-5-1-2-6-15-11/h1-7,9H,8H2,(H,16,17,18). The summed E-state index contributed by atoms with van der Waals surface area (Å²) in [5.74, 6) is -0.0469. The van der Waals surface area contributed by atoms with Crippen molar-refractivity contribution < 1.29 is 4.79 Å². The van der Waals surface area contributed by atoms with E-state index in [1.807, 2.05) is 41.1 Å². The number of thiophene rings is 1. The molecule has 6 heteroatoms. The summed E-state index contributed by atoms with van der Waals surface area (Å²) in [6.45, 7) is 0. The van der Waals surface area contributed by atoms with E-state index in [2.05, 4.69) is 15.3 Å². The van der Waals surface area contributed by atoms with Crippen LogP contribution in [0.3, 0.4) is 0 Å². The Morgan fingerprint density at radius 1 is 1.15 bits per heavy atom. The summed E-state index contributed by atoms with van der Waals surface area (Å²) in [5.41, 5.74) is 1.59. The number of hydrogen-bond acceptors (Lipinski definition) is 5. The van der Waals surface area contributed by atoms with Crippen LogP contribution in [0.1, 0.15) is 4.88 Å². The minimum absolute atomic E-state index is 0.0469. The van der Waals surface area contributed by atoms with Crippen LogP contribution in [-0.4, -0.2) is 15.9 Å². The van der Waals surface area contributed by atoms with Gasteiger partial charge in [-0.25, -0.2) is 4.98 Å². The molecule has 3 heterocycles. The molecule has 0 radical (unpaired) electrons. The first-order valence-corrected chi connectivity index (χ1v) is 7.76. The summed E-state index contributed by atoms with van der Waals surface area (Å²) in [7, 11) is 0. The van der Waals surface area contributed by atoms with E-state index in [9.17, 15) is 4.79 Å². The Hall–Kier alpha value is -2.05. The first kappa shape index (κ1) is 13.0. The first-order valence-electron chi connectivity index (χ1n) is 6.00. The zero-order valence-electron chi connectivity index (χ0n) is 10.4. The minimum Gasteiger partial charge on any atom is -0.302 e. The number of rotatable bonds is 4. The van der Waals surface area contributed by atoms with Gasteiger partial charge in [0.1, 0.15) is 5.69 Å². The third-order valence-corrected chi connectivity index (χ3v) is 4.23. The summed E-state index contributed by atoms with van der Waals surface area (Å²) in [5, 5.41) is 7.28. The summed E-state index contributed by atoms with van der Waals surface area (Å²) >= 11 is 2.98. The van der Waals surface area contributed by atoms with Crippen molar-refractivity contribution in [2.75, 3.05) is 5.32 Å². The molecular formula is C14H11N3OS2. The first-order chi connectivity index (χ1) is 9.81. The number of carbonyl (C=O) groups excluding carboxylic acids is 1. The lowest BCUT2D eigenvalue weighted by atomic mass is 10.3. The van der Waals surface area contributed by atoms with Gasteiger partial charge >= 0.3 is 0 Å². The van der Waals surface area contributed by atoms with Gasteiger partial charge in [-0.3, -0.25) is 9.78 Å². The molecule has 3 aromatic heterocycles. The van der Waals surface area contributed by atoms with Crippen molar-refractivity contribution in [1.29, 1.82) is 0 Å². The highest BCUT2D eigenvalue weighted by Crippen LogP contribution is 2.23. The van der Waals surface area contributed by atoms with Crippen molar-refractivity contribution in [2.45, 2.75) is 6.42 Å². The zero-order valence-corrected chi connectivity index (χ0v) is 12.1. The molecule has 0 saturated carbocycles. The van der Waals surface area contributed by atoms with Gasteiger partial charge in [-0.05, 0) is 23.6 Å². The largest absolute Gasteiger partial charge is 0.302 e. The molecule has 0 unspecified atom stereocenters. The van der Waals surface area contributed by atoms with Gasteiger partial charge in [-0.1, -0.05) is 12.1 Å². The van der Waals surface area contributed by atoms with Gasteiger partial charge in [0.25, 0.3) is 0 Å². The summed E-state index contributed by atoms with van der Waals surface area (Å²) in [6, 6.07) is 9.56. The monoisotopic (exact) mass is 301 g/mol. The van der Waals surface area contributed by atoms with E-state index in [1.54, 1.807) is 17.5 Å². The summed E-state index contributed by atoms with van der Waals surface area (Å²) < 4.78 is 0. The molecule has 0 aliphatic rings. The molecule has 0 spiro atoms. The van der Waals surface area contributed by atoms with Gasteiger partial charge in [0.15, 0.2) is 5.13 Å². The molecule has 0 bridgehead atoms. The summed E-state index contributed by atoms with van der Waals surface area (Å²) in [6.07, 6.45) is 2.11. The van der Waals surface area contributed by atoms with Crippen molar-refractivity contribution in [1.82, 2.24) is 9.97 Å². The number of thiazole rings is 1. The van der Waals surface area contributed by atoms with Crippen LogP contribution in [0.2, 0.25) is 0 Å². The molecule has 0 fully saturated rings. The number of carbonyl (C=O) groups is 1. The van der Waals surface area contributed by atoms with Crippen LogP contribution in [0.4, 0.5) is 5.13 Å². The molecule has 100 valence electrons. The second-order valence-corrected chi connectivity index (χ2v) is 5.95. The number of amides is 1. The van der Waals surface area contributed by atoms with Crippen LogP contribution < -0.4 is 5.32 Å². The SMILES string of the molecule is O=C(Cc1cccs1)Nc1nc(-c2ccccn2)cs1. The molecule has 0 aliphatic heterocycles. The second-order valence-electron chi connectivity index (χ2n) is 4.06. The molecule has 1 amide bonds. The van der Waals surface area contributed by atoms with Crippen LogP contribution >= 0.6 is 22.7 Å². The lowest BCUT2D eigenvalue weighted by Gasteiger charge is -1.99. The van der Waals surface area contributed by atoms with Crippen LogP contribution in [-0.2, 0) is 11.2 Å². The predicted molar refractivity (Wildman–Crippen MR) is 82.0 cm³/mol. The van der Waals surface area contributed by atoms with E-state index in [0.717, 1.165) is 16.3 Å². The molecule has 0 aliphatic carbocycles. The van der Waals surface area contributed by atoms with Gasteiger partial charge in [-0.15, -0.1) is 22.7 Å². The molecule has 1 N–H and O–H groups in total. The Labute approximate surface area is 124 Å². The van der Waals surface area contributed by atoms with Crippen molar-refractivity contribution in [3.63, 3.8) is 0 Å². The maximum atomic E-state index is 11.9. The molecule has 0 atom stereocenters. The highest BCUT2D eigenvalue weighted by molar-refractivity contribution is 7.14. The lowest BCUT2D eigenvalue weighted by Crippen LogP contribution is -2.13. The molecule has 0 aromatic carbocycles. The van der Waals surface area contributed by atoms with Gasteiger partial charge in [0.2, 0.25) is 5.91 Å². The van der Waals surface area contributed by atoms with Crippen LogP contribution in [0.25, 0.3) is 11.4 Å². The average molecular weight is 301 g/mol. The Bertz CT molecular complexity index is 692. The average Bonchev–Trinajstić information content (AvgIpc) is 3.11. The molecule has 3 aromatic rings. The third-order valence-electron chi connectivity index (χ3n) is 2.59. The summed E-state index contributed by atoms with van der Waals surface area (Å²) in [4.78, 5) is 21.5. The van der Waals surface area contributed by atoms with E-state index >= 15 is 0 Å². The Morgan fingerprint density at radius 3 is 2.85 bits per heavy atom. The van der Waals surface area contributed by atoms with E-state index in [4.69, 9.17) is 0 Å². The number of anilines is 1. The van der Waals surface area contributed by atoms with Crippen LogP contribution in [0, 0.1) is 0 Å². The van der Waals surface area contributed by atoms with Crippen molar-refractivity contribution in [3.8, 4) is 11.4 Å². The molecule has 0 saturated heterocycles. The zero-order chi connectivity index (χ0) is 13.8. The molecular weight excluding hydrogens is 290 g/mol. The number of nitrogens with one attached hydrogen (secondary N) is 1. The van der Waals surface area contributed by atoms with E-state index in [0.29, 0.717) is 11.6 Å². The molecule has 3 rings (SSSR count). The van der Waals surface area contributed by atoms with Gasteiger partial charge in [-0.2, -0.15) is 0 Å². The van der Waals surface area contributed by atoms with Crippen LogP contribution in [0.15, 0.2) is 47.3 Å². The van der Waals surface area contributed by atoms with Crippen LogP contribution in [0.5, 0.6) is 0 Å². The van der Waals surface area contributed by atoms with Gasteiger partial charge in [0.05, 0.1) is 12.1 Å². The highest BCUT2D eigenvalue weighted by atomic mass is 32.1. The fourth-order valence-corrected chi connectivity index (χ4v) is 3.12. The maximum absolute atomic E-state index is 11.9. The fourth-order valence-electron chi connectivity index (χ4n) is 1.70. The normalized spacial score (nSPS) is 10.4. The maximum Gasteiger partial charge on any atom is 0.231 e. The Kier molecular flexibility index (Phi) is 3.85. The number of nitrogens with zero attached hydrogens (tertiary/aromatic N) is 2. The third kappa shape index (κ3) is 3.09. The number of aromatic nitrogens is 2. The van der Waals surface area contributed by atoms with Gasteiger partial charge < -0.3 is 5.32 Å². The quantitative estimate of drug-likeness (QED) is 0.803. The predicted octanol–water partition coefficient (Wildman–Crippen LogP) is 3.45. The minimum atomic E-state index is -0.0469. The fraction of sp³-hybridized carbons (Fsp3) is 0.0714. The van der Waals surface area contributed by atoms with E-state index < -0.39 is 0 Å². The van der Waals surface area contributed by atoms with E-state index in [1.165, 1.54) is 11.3 Å². The smallest absolute Gasteiger partial charge is 0.231 e. The Balaban J connectivity index is 1.67. The lowest BCUT2D eigenvalue weighted by molar-refractivity contribution is -0.115. The topological polar surface area (TPSA) is 54.9 Å². The van der Waals surface area contributed by atoms with Crippen molar-refractivity contribution >= 4 is 33.7 Å². The van der Waals surface area contributed by atoms with E-state index in [-0.39, 0.29) is 5.91 Å². The molecule has 4 nitrogen and oxygen atoms in total. The van der Waals surface area contributed by atoms with Crippen molar-refractivity contribution in [2.24, 2.45) is 0 Å². The second kappa shape index (κ2) is 5.94. The number of hydrogen-bond donors (Lipinski definition) is 1. The molecule has 20 heavy (non-hydrogen) atoms. The Morgan fingerprint density at radius 2 is 2.10 bits per heavy atom. The van der Waals surface area contributed by atoms with Gasteiger partial charge in [0, 0.05) is 16.5 Å². The van der Waals surface area contributed by atoms with Crippen molar-refractivity contribution in [3.05, 3.63) is 52.2 Å².